The Morgan fingerprint density at radius 2 is 1.79 bits per heavy atom. The molecule has 1 heterocycles. The molecule has 7 heteroatoms. The second-order valence-corrected chi connectivity index (χ2v) is 6.37. The molecule has 0 fully saturated rings. The summed E-state index contributed by atoms with van der Waals surface area (Å²) in [7, 11) is 0. The number of hydrogen-bond donors (Lipinski definition) is 1. The van der Waals surface area contributed by atoms with Crippen LogP contribution in [0.4, 0.5) is 5.82 Å². The van der Waals surface area contributed by atoms with Gasteiger partial charge in [0.1, 0.15) is 5.69 Å². The van der Waals surface area contributed by atoms with Gasteiger partial charge in [-0.2, -0.15) is 5.26 Å². The summed E-state index contributed by atoms with van der Waals surface area (Å²) in [5, 5.41) is 19.3. The molecule has 0 bridgehead atoms. The van der Waals surface area contributed by atoms with Gasteiger partial charge in [0.15, 0.2) is 11.7 Å². The fraction of sp³-hybridized carbons (Fsp3) is 0.273. The molecule has 1 atom stereocenters. The molecule has 0 aliphatic carbocycles. The van der Waals surface area contributed by atoms with E-state index in [1.165, 1.54) is 0 Å². The van der Waals surface area contributed by atoms with Gasteiger partial charge in [0.05, 0.1) is 30.3 Å². The molecule has 3 aromatic rings. The zero-order chi connectivity index (χ0) is 20.6. The van der Waals surface area contributed by atoms with E-state index in [0.29, 0.717) is 23.4 Å². The predicted octanol–water partition coefficient (Wildman–Crippen LogP) is 2.80. The predicted molar refractivity (Wildman–Crippen MR) is 109 cm³/mol. The molecular formula is C22H22N4O3. The summed E-state index contributed by atoms with van der Waals surface area (Å²) in [5.41, 5.74) is 2.46. The second kappa shape index (κ2) is 9.62. The lowest BCUT2D eigenvalue weighted by Gasteiger charge is -2.26. The van der Waals surface area contributed by atoms with Crippen molar-refractivity contribution in [3.8, 4) is 6.07 Å². The first kappa shape index (κ1) is 20.2. The quantitative estimate of drug-likeness (QED) is 0.590. The lowest BCUT2D eigenvalue weighted by atomic mass is 10.1. The van der Waals surface area contributed by atoms with Crippen molar-refractivity contribution in [3.63, 3.8) is 0 Å². The van der Waals surface area contributed by atoms with Gasteiger partial charge < -0.3 is 14.7 Å². The molecule has 0 saturated carbocycles. The van der Waals surface area contributed by atoms with Crippen molar-refractivity contribution in [1.29, 1.82) is 5.26 Å². The van der Waals surface area contributed by atoms with Crippen molar-refractivity contribution >= 4 is 22.8 Å². The maximum Gasteiger partial charge on any atom is 0.329 e. The first-order chi connectivity index (χ1) is 14.2. The van der Waals surface area contributed by atoms with Crippen molar-refractivity contribution in [1.82, 2.24) is 9.97 Å². The fourth-order valence-electron chi connectivity index (χ4n) is 3.07. The van der Waals surface area contributed by atoms with Gasteiger partial charge in [-0.05, 0) is 24.6 Å². The zero-order valence-corrected chi connectivity index (χ0v) is 16.2. The summed E-state index contributed by atoms with van der Waals surface area (Å²) in [6.45, 7) is 2.46. The third kappa shape index (κ3) is 4.68. The SMILES string of the molecule is CCOC(=O)[C@@H](C#N)c1nc2ccccc2nc1N(CCO)Cc1ccccc1. The number of carbonyl (C=O) groups excluding carboxylic acids is 1. The average molecular weight is 390 g/mol. The Bertz CT molecular complexity index is 1020. The van der Waals surface area contributed by atoms with Crippen LogP contribution in [0.1, 0.15) is 24.1 Å². The Labute approximate surface area is 169 Å². The lowest BCUT2D eigenvalue weighted by Crippen LogP contribution is -2.30. The van der Waals surface area contributed by atoms with Crippen LogP contribution in [-0.2, 0) is 16.1 Å². The molecule has 29 heavy (non-hydrogen) atoms. The van der Waals surface area contributed by atoms with Crippen LogP contribution < -0.4 is 4.90 Å². The Morgan fingerprint density at radius 3 is 2.41 bits per heavy atom. The van der Waals surface area contributed by atoms with Crippen LogP contribution in [0.15, 0.2) is 54.6 Å². The number of para-hydroxylation sites is 2. The minimum absolute atomic E-state index is 0.114. The van der Waals surface area contributed by atoms with Crippen LogP contribution in [0.3, 0.4) is 0 Å². The number of carbonyl (C=O) groups is 1. The molecular weight excluding hydrogens is 368 g/mol. The van der Waals surface area contributed by atoms with Crippen LogP contribution in [0.25, 0.3) is 11.0 Å². The van der Waals surface area contributed by atoms with Gasteiger partial charge in [0.2, 0.25) is 0 Å². The first-order valence-electron chi connectivity index (χ1n) is 9.40. The average Bonchev–Trinajstić information content (AvgIpc) is 2.74. The molecule has 0 spiro atoms. The van der Waals surface area contributed by atoms with Crippen molar-refractivity contribution in [2.24, 2.45) is 0 Å². The number of ether oxygens (including phenoxy) is 1. The molecule has 2 aromatic carbocycles. The van der Waals surface area contributed by atoms with Gasteiger partial charge in [-0.25, -0.2) is 9.97 Å². The van der Waals surface area contributed by atoms with E-state index in [1.807, 2.05) is 59.5 Å². The number of anilines is 1. The minimum atomic E-state index is -1.21. The van der Waals surface area contributed by atoms with E-state index >= 15 is 0 Å². The second-order valence-electron chi connectivity index (χ2n) is 6.37. The highest BCUT2D eigenvalue weighted by atomic mass is 16.5. The Kier molecular flexibility index (Phi) is 6.72. The monoisotopic (exact) mass is 390 g/mol. The number of benzene rings is 2. The molecule has 0 unspecified atom stereocenters. The van der Waals surface area contributed by atoms with Crippen LogP contribution >= 0.6 is 0 Å². The van der Waals surface area contributed by atoms with Gasteiger partial charge in [-0.3, -0.25) is 4.79 Å². The van der Waals surface area contributed by atoms with E-state index in [-0.39, 0.29) is 25.5 Å². The van der Waals surface area contributed by atoms with E-state index in [0.717, 1.165) is 5.56 Å². The van der Waals surface area contributed by atoms with E-state index < -0.39 is 11.9 Å². The number of esters is 1. The third-order valence-corrected chi connectivity index (χ3v) is 4.39. The van der Waals surface area contributed by atoms with E-state index in [2.05, 4.69) is 4.98 Å². The van der Waals surface area contributed by atoms with Crippen LogP contribution in [0, 0.1) is 11.3 Å². The Hall–Kier alpha value is -3.50. The van der Waals surface area contributed by atoms with Gasteiger partial charge >= 0.3 is 5.97 Å². The van der Waals surface area contributed by atoms with Crippen LogP contribution in [-0.4, -0.2) is 40.8 Å². The molecule has 7 nitrogen and oxygen atoms in total. The van der Waals surface area contributed by atoms with E-state index in [9.17, 15) is 15.2 Å². The largest absolute Gasteiger partial charge is 0.465 e. The molecule has 3 rings (SSSR count). The van der Waals surface area contributed by atoms with E-state index in [1.54, 1.807) is 13.0 Å². The van der Waals surface area contributed by atoms with Crippen LogP contribution in [0.2, 0.25) is 0 Å². The lowest BCUT2D eigenvalue weighted by molar-refractivity contribution is -0.143. The number of aliphatic hydroxyl groups excluding tert-OH is 1. The summed E-state index contributed by atoms with van der Waals surface area (Å²) < 4.78 is 5.08. The van der Waals surface area contributed by atoms with Gasteiger partial charge in [-0.1, -0.05) is 42.5 Å². The van der Waals surface area contributed by atoms with Crippen molar-refractivity contribution in [2.75, 3.05) is 24.7 Å². The molecule has 1 aromatic heterocycles. The number of aromatic nitrogens is 2. The zero-order valence-electron chi connectivity index (χ0n) is 16.2. The highest BCUT2D eigenvalue weighted by Gasteiger charge is 2.29. The molecule has 0 amide bonds. The van der Waals surface area contributed by atoms with Gasteiger partial charge in [-0.15, -0.1) is 0 Å². The number of nitriles is 1. The molecule has 148 valence electrons. The molecule has 1 N–H and O–H groups in total. The summed E-state index contributed by atoms with van der Waals surface area (Å²) in [4.78, 5) is 23.5. The fourth-order valence-corrected chi connectivity index (χ4v) is 3.07. The topological polar surface area (TPSA) is 99.3 Å². The molecule has 0 radical (unpaired) electrons. The van der Waals surface area contributed by atoms with Crippen LogP contribution in [0.5, 0.6) is 0 Å². The minimum Gasteiger partial charge on any atom is -0.465 e. The summed E-state index contributed by atoms with van der Waals surface area (Å²) >= 11 is 0. The Morgan fingerprint density at radius 1 is 1.14 bits per heavy atom. The third-order valence-electron chi connectivity index (χ3n) is 4.39. The maximum absolute atomic E-state index is 12.4. The highest BCUT2D eigenvalue weighted by Crippen LogP contribution is 2.29. The first-order valence-corrected chi connectivity index (χ1v) is 9.40. The molecule has 0 saturated heterocycles. The number of nitrogens with zero attached hydrogens (tertiary/aromatic N) is 4. The standard InChI is InChI=1S/C22H22N4O3/c1-2-29-22(28)17(14-23)20-21(25-19-11-7-6-10-18(19)24-20)26(12-13-27)15-16-8-4-3-5-9-16/h3-11,17,27H,2,12-13,15H2,1H3/t17-/m0/s1. The maximum atomic E-state index is 12.4. The summed E-state index contributed by atoms with van der Waals surface area (Å²) in [5.74, 6) is -1.48. The van der Waals surface area contributed by atoms with Gasteiger partial charge in [0, 0.05) is 13.1 Å². The summed E-state index contributed by atoms with van der Waals surface area (Å²) in [6.07, 6.45) is 0. The van der Waals surface area contributed by atoms with Crippen molar-refractivity contribution < 1.29 is 14.6 Å². The number of hydrogen-bond acceptors (Lipinski definition) is 7. The normalized spacial score (nSPS) is 11.6. The number of aliphatic hydroxyl groups is 1. The number of rotatable bonds is 8. The summed E-state index contributed by atoms with van der Waals surface area (Å²) in [6, 6.07) is 19.0. The smallest absolute Gasteiger partial charge is 0.329 e. The number of fused-ring (bicyclic) bond motifs is 1. The highest BCUT2D eigenvalue weighted by molar-refractivity contribution is 5.85. The van der Waals surface area contributed by atoms with E-state index in [4.69, 9.17) is 9.72 Å². The molecule has 0 aliphatic rings. The van der Waals surface area contributed by atoms with Crippen molar-refractivity contribution in [3.05, 3.63) is 65.9 Å². The Balaban J connectivity index is 2.14. The molecule has 0 aliphatic heterocycles. The van der Waals surface area contributed by atoms with Crippen molar-refractivity contribution in [2.45, 2.75) is 19.4 Å². The van der Waals surface area contributed by atoms with Gasteiger partial charge in [0.25, 0.3) is 0 Å².